The van der Waals surface area contributed by atoms with Crippen molar-refractivity contribution < 1.29 is 9.53 Å². The molecule has 128 valence electrons. The number of carbonyl (C=O) groups excluding carboxylic acids is 1. The topological polar surface area (TPSA) is 67.4 Å². The minimum absolute atomic E-state index is 0.104. The molecule has 1 aromatic heterocycles. The van der Waals surface area contributed by atoms with Gasteiger partial charge in [-0.1, -0.05) is 31.5 Å². The van der Waals surface area contributed by atoms with Crippen LogP contribution in [0.4, 0.5) is 5.82 Å². The molecule has 0 unspecified atom stereocenters. The summed E-state index contributed by atoms with van der Waals surface area (Å²) >= 11 is 0. The molecule has 0 bridgehead atoms. The Morgan fingerprint density at radius 3 is 2.71 bits per heavy atom. The van der Waals surface area contributed by atoms with E-state index in [2.05, 4.69) is 22.2 Å². The van der Waals surface area contributed by atoms with E-state index >= 15 is 0 Å². The first-order valence-corrected chi connectivity index (χ1v) is 8.09. The number of nitrogens with one attached hydrogen (secondary N) is 1. The summed E-state index contributed by atoms with van der Waals surface area (Å²) in [5.74, 6) is 1.34. The van der Waals surface area contributed by atoms with Gasteiger partial charge in [-0.15, -0.1) is 0 Å². The van der Waals surface area contributed by atoms with Gasteiger partial charge in [0.05, 0.1) is 19.5 Å². The molecule has 0 atom stereocenters. The summed E-state index contributed by atoms with van der Waals surface area (Å²) in [6, 6.07) is 7.78. The van der Waals surface area contributed by atoms with Crippen LogP contribution in [-0.4, -0.2) is 41.5 Å². The number of anilines is 1. The zero-order valence-corrected chi connectivity index (χ0v) is 14.5. The first-order valence-electron chi connectivity index (χ1n) is 8.09. The Hall–Kier alpha value is -2.63. The lowest BCUT2D eigenvalue weighted by atomic mass is 10.2. The van der Waals surface area contributed by atoms with E-state index in [1.807, 2.05) is 24.3 Å². The van der Waals surface area contributed by atoms with Crippen molar-refractivity contribution in [2.45, 2.75) is 26.3 Å². The van der Waals surface area contributed by atoms with Crippen LogP contribution < -0.4 is 10.1 Å². The van der Waals surface area contributed by atoms with Gasteiger partial charge < -0.3 is 15.0 Å². The second kappa shape index (κ2) is 8.86. The fraction of sp³-hybridized carbons (Fsp3) is 0.389. The maximum atomic E-state index is 12.2. The lowest BCUT2D eigenvalue weighted by Crippen LogP contribution is -2.28. The lowest BCUT2D eigenvalue weighted by Gasteiger charge is -2.16. The van der Waals surface area contributed by atoms with Crippen molar-refractivity contribution in [3.05, 3.63) is 47.9 Å². The first-order chi connectivity index (χ1) is 11.7. The average molecular weight is 328 g/mol. The maximum Gasteiger partial charge on any atom is 0.273 e. The number of hydrogen-bond donors (Lipinski definition) is 1. The number of amides is 1. The number of ether oxygens (including phenoxy) is 1. The third-order valence-corrected chi connectivity index (χ3v) is 3.72. The van der Waals surface area contributed by atoms with Crippen molar-refractivity contribution in [3.8, 4) is 5.75 Å². The van der Waals surface area contributed by atoms with Crippen LogP contribution in [0, 0.1) is 0 Å². The molecule has 1 aromatic carbocycles. The minimum Gasteiger partial charge on any atom is -0.496 e. The van der Waals surface area contributed by atoms with Crippen LogP contribution in [0.2, 0.25) is 0 Å². The van der Waals surface area contributed by atoms with E-state index in [4.69, 9.17) is 4.74 Å². The molecule has 0 aliphatic carbocycles. The van der Waals surface area contributed by atoms with Crippen molar-refractivity contribution in [1.82, 2.24) is 14.9 Å². The number of aromatic nitrogens is 2. The van der Waals surface area contributed by atoms with E-state index in [1.165, 1.54) is 6.20 Å². The highest BCUT2D eigenvalue weighted by Crippen LogP contribution is 2.18. The van der Waals surface area contributed by atoms with Gasteiger partial charge in [0.2, 0.25) is 0 Å². The van der Waals surface area contributed by atoms with E-state index < -0.39 is 0 Å². The molecule has 0 saturated heterocycles. The Labute approximate surface area is 142 Å². The molecule has 1 heterocycles. The maximum absolute atomic E-state index is 12.2. The fourth-order valence-corrected chi connectivity index (χ4v) is 2.26. The van der Waals surface area contributed by atoms with E-state index in [0.717, 1.165) is 30.7 Å². The summed E-state index contributed by atoms with van der Waals surface area (Å²) in [5.41, 5.74) is 1.39. The minimum atomic E-state index is -0.104. The van der Waals surface area contributed by atoms with E-state index in [-0.39, 0.29) is 5.91 Å². The van der Waals surface area contributed by atoms with Crippen molar-refractivity contribution in [2.24, 2.45) is 0 Å². The van der Waals surface area contributed by atoms with Crippen LogP contribution in [0.1, 0.15) is 35.8 Å². The molecule has 6 nitrogen and oxygen atoms in total. The zero-order valence-electron chi connectivity index (χ0n) is 14.5. The van der Waals surface area contributed by atoms with Gasteiger partial charge in [-0.3, -0.25) is 4.79 Å². The highest BCUT2D eigenvalue weighted by atomic mass is 16.5. The Kier molecular flexibility index (Phi) is 6.54. The second-order valence-electron chi connectivity index (χ2n) is 5.53. The third kappa shape index (κ3) is 4.68. The van der Waals surface area contributed by atoms with Gasteiger partial charge in [-0.25, -0.2) is 9.97 Å². The van der Waals surface area contributed by atoms with E-state index in [1.54, 1.807) is 25.3 Å². The van der Waals surface area contributed by atoms with Gasteiger partial charge in [0.15, 0.2) is 0 Å². The SMILES string of the molecule is CCCCN(C)C(=O)c1cnc(NCc2ccccc2OC)cn1. The van der Waals surface area contributed by atoms with E-state index in [9.17, 15) is 4.79 Å². The first kappa shape index (κ1) is 17.7. The third-order valence-electron chi connectivity index (χ3n) is 3.72. The van der Waals surface area contributed by atoms with Crippen molar-refractivity contribution in [1.29, 1.82) is 0 Å². The van der Waals surface area contributed by atoms with E-state index in [0.29, 0.717) is 18.1 Å². The number of nitrogens with zero attached hydrogens (tertiary/aromatic N) is 3. The summed E-state index contributed by atoms with van der Waals surface area (Å²) in [6.07, 6.45) is 5.12. The molecule has 1 N–H and O–H groups in total. The molecule has 0 aliphatic heterocycles. The summed E-state index contributed by atoms with van der Waals surface area (Å²) in [4.78, 5) is 22.4. The largest absolute Gasteiger partial charge is 0.496 e. The molecule has 0 fully saturated rings. The standard InChI is InChI=1S/C18H24N4O2/c1-4-5-10-22(2)18(23)15-12-21-17(13-19-15)20-11-14-8-6-7-9-16(14)24-3/h6-9,12-13H,4-5,10-11H2,1-3H3,(H,20,21). The summed E-state index contributed by atoms with van der Waals surface area (Å²) in [7, 11) is 3.43. The number of carbonyl (C=O) groups is 1. The molecule has 0 spiro atoms. The molecule has 24 heavy (non-hydrogen) atoms. The number of methoxy groups -OCH3 is 1. The number of unbranched alkanes of at least 4 members (excludes halogenated alkanes) is 1. The fourth-order valence-electron chi connectivity index (χ4n) is 2.26. The zero-order chi connectivity index (χ0) is 17.4. The van der Waals surface area contributed by atoms with Crippen LogP contribution in [0.25, 0.3) is 0 Å². The number of para-hydroxylation sites is 1. The van der Waals surface area contributed by atoms with Crippen LogP contribution in [0.15, 0.2) is 36.7 Å². The Bertz CT molecular complexity index is 658. The molecule has 1 amide bonds. The van der Waals surface area contributed by atoms with Crippen LogP contribution in [0.5, 0.6) is 5.75 Å². The van der Waals surface area contributed by atoms with Gasteiger partial charge >= 0.3 is 0 Å². The summed E-state index contributed by atoms with van der Waals surface area (Å²) < 4.78 is 5.32. The quantitative estimate of drug-likeness (QED) is 0.807. The molecule has 0 radical (unpaired) electrons. The Morgan fingerprint density at radius 1 is 1.25 bits per heavy atom. The van der Waals surface area contributed by atoms with Gasteiger partial charge in [0.1, 0.15) is 17.3 Å². The molecule has 2 aromatic rings. The smallest absolute Gasteiger partial charge is 0.273 e. The molecule has 2 rings (SSSR count). The summed E-state index contributed by atoms with van der Waals surface area (Å²) in [5, 5.41) is 3.19. The summed E-state index contributed by atoms with van der Waals surface area (Å²) in [6.45, 7) is 3.40. The van der Waals surface area contributed by atoms with Crippen LogP contribution in [-0.2, 0) is 6.54 Å². The van der Waals surface area contributed by atoms with Crippen LogP contribution in [0.3, 0.4) is 0 Å². The monoisotopic (exact) mass is 328 g/mol. The van der Waals surface area contributed by atoms with Gasteiger partial charge in [-0.2, -0.15) is 0 Å². The molecule has 0 aliphatic rings. The predicted octanol–water partition coefficient (Wildman–Crippen LogP) is 2.97. The highest BCUT2D eigenvalue weighted by Gasteiger charge is 2.13. The van der Waals surface area contributed by atoms with Gasteiger partial charge in [-0.05, 0) is 12.5 Å². The number of benzene rings is 1. The van der Waals surface area contributed by atoms with Crippen molar-refractivity contribution in [2.75, 3.05) is 26.0 Å². The average Bonchev–Trinajstić information content (AvgIpc) is 2.64. The number of hydrogen-bond acceptors (Lipinski definition) is 5. The molecular formula is C18H24N4O2. The highest BCUT2D eigenvalue weighted by molar-refractivity contribution is 5.91. The van der Waals surface area contributed by atoms with Gasteiger partial charge in [0.25, 0.3) is 5.91 Å². The number of rotatable bonds is 8. The van der Waals surface area contributed by atoms with Crippen LogP contribution >= 0.6 is 0 Å². The molecule has 6 heteroatoms. The normalized spacial score (nSPS) is 10.3. The second-order valence-corrected chi connectivity index (χ2v) is 5.53. The Balaban J connectivity index is 1.95. The van der Waals surface area contributed by atoms with Gasteiger partial charge in [0, 0.05) is 25.7 Å². The molecule has 0 saturated carbocycles. The van der Waals surface area contributed by atoms with Crippen molar-refractivity contribution >= 4 is 11.7 Å². The van der Waals surface area contributed by atoms with Crippen molar-refractivity contribution in [3.63, 3.8) is 0 Å². The lowest BCUT2D eigenvalue weighted by molar-refractivity contribution is 0.0787. The Morgan fingerprint density at radius 2 is 2.04 bits per heavy atom. The molecular weight excluding hydrogens is 304 g/mol. The predicted molar refractivity (Wildman–Crippen MR) is 94.2 cm³/mol.